The third-order valence-electron chi connectivity index (χ3n) is 3.91. The molecule has 2 aromatic rings. The molecular weight excluding hydrogens is 314 g/mol. The third kappa shape index (κ3) is 2.81. The lowest BCUT2D eigenvalue weighted by molar-refractivity contribution is -0.140. The first-order chi connectivity index (χ1) is 10.8. The lowest BCUT2D eigenvalue weighted by atomic mass is 9.83. The number of ether oxygens (including phenoxy) is 1. The van der Waals surface area contributed by atoms with Crippen molar-refractivity contribution < 1.29 is 9.53 Å². The lowest BCUT2D eigenvalue weighted by Gasteiger charge is -2.23. The maximum atomic E-state index is 12.5. The van der Waals surface area contributed by atoms with Crippen LogP contribution in [0.15, 0.2) is 18.3 Å². The van der Waals surface area contributed by atoms with Gasteiger partial charge in [-0.05, 0) is 26.0 Å². The zero-order valence-electron chi connectivity index (χ0n) is 13.7. The summed E-state index contributed by atoms with van der Waals surface area (Å²) in [5.74, 6) is -0.357. The molecule has 0 saturated carbocycles. The summed E-state index contributed by atoms with van der Waals surface area (Å²) in [5.41, 5.74) is 3.64. The van der Waals surface area contributed by atoms with Gasteiger partial charge < -0.3 is 15.0 Å². The summed E-state index contributed by atoms with van der Waals surface area (Å²) >= 11 is 6.07. The average molecular weight is 334 g/mol. The molecular formula is C17H20ClN3O2. The molecule has 0 aliphatic carbocycles. The fraction of sp³-hybridized carbons (Fsp3) is 0.412. The van der Waals surface area contributed by atoms with Gasteiger partial charge >= 0.3 is 5.97 Å². The summed E-state index contributed by atoms with van der Waals surface area (Å²) in [7, 11) is 0. The Morgan fingerprint density at radius 3 is 2.83 bits per heavy atom. The molecule has 3 rings (SSSR count). The number of pyridine rings is 1. The van der Waals surface area contributed by atoms with Crippen LogP contribution >= 0.6 is 11.6 Å². The van der Waals surface area contributed by atoms with Gasteiger partial charge in [0.25, 0.3) is 0 Å². The Kier molecular flexibility index (Phi) is 3.84. The van der Waals surface area contributed by atoms with E-state index < -0.39 is 0 Å². The van der Waals surface area contributed by atoms with Crippen LogP contribution in [0.3, 0.4) is 0 Å². The molecule has 122 valence electrons. The minimum absolute atomic E-state index is 0.180. The Bertz CT molecular complexity index is 806. The van der Waals surface area contributed by atoms with Crippen molar-refractivity contribution in [3.63, 3.8) is 0 Å². The Hall–Kier alpha value is -2.01. The van der Waals surface area contributed by atoms with Gasteiger partial charge in [0, 0.05) is 23.7 Å². The zero-order valence-corrected chi connectivity index (χ0v) is 14.4. The molecule has 0 fully saturated rings. The van der Waals surface area contributed by atoms with E-state index >= 15 is 0 Å². The van der Waals surface area contributed by atoms with Gasteiger partial charge in [-0.25, -0.2) is 9.78 Å². The Morgan fingerprint density at radius 2 is 2.13 bits per heavy atom. The van der Waals surface area contributed by atoms with Crippen LogP contribution in [0.4, 0.5) is 0 Å². The first kappa shape index (κ1) is 15.9. The van der Waals surface area contributed by atoms with Crippen molar-refractivity contribution in [2.45, 2.75) is 39.2 Å². The molecule has 2 N–H and O–H groups in total. The van der Waals surface area contributed by atoms with E-state index in [9.17, 15) is 4.79 Å². The van der Waals surface area contributed by atoms with E-state index in [1.807, 2.05) is 19.9 Å². The van der Waals surface area contributed by atoms with Gasteiger partial charge in [0.15, 0.2) is 0 Å². The van der Waals surface area contributed by atoms with Crippen LogP contribution in [0.2, 0.25) is 5.15 Å². The number of hydrogen-bond donors (Lipinski definition) is 2. The number of nitrogens with one attached hydrogen (secondary N) is 2. The van der Waals surface area contributed by atoms with E-state index in [4.69, 9.17) is 16.3 Å². The van der Waals surface area contributed by atoms with Gasteiger partial charge in [-0.1, -0.05) is 25.4 Å². The van der Waals surface area contributed by atoms with Crippen LogP contribution in [-0.2, 0) is 14.9 Å². The van der Waals surface area contributed by atoms with Crippen molar-refractivity contribution in [1.29, 1.82) is 0 Å². The van der Waals surface area contributed by atoms with Gasteiger partial charge in [-0.15, -0.1) is 0 Å². The van der Waals surface area contributed by atoms with Gasteiger partial charge in [-0.2, -0.15) is 0 Å². The number of fused-ring (bicyclic) bond motifs is 3. The maximum absolute atomic E-state index is 12.5. The van der Waals surface area contributed by atoms with Crippen LogP contribution in [-0.4, -0.2) is 28.6 Å². The second-order valence-corrected chi connectivity index (χ2v) is 7.07. The van der Waals surface area contributed by atoms with Gasteiger partial charge in [0.2, 0.25) is 0 Å². The van der Waals surface area contributed by atoms with E-state index in [1.54, 1.807) is 12.3 Å². The molecule has 1 aliphatic heterocycles. The van der Waals surface area contributed by atoms with Crippen molar-refractivity contribution in [1.82, 2.24) is 15.3 Å². The largest absolute Gasteiger partial charge is 0.459 e. The van der Waals surface area contributed by atoms with E-state index in [0.717, 1.165) is 22.3 Å². The molecule has 1 aliphatic rings. The van der Waals surface area contributed by atoms with Gasteiger partial charge in [-0.3, -0.25) is 0 Å². The molecule has 0 amide bonds. The summed E-state index contributed by atoms with van der Waals surface area (Å²) in [6.07, 6.45) is 1.54. The number of aromatic amines is 1. The molecule has 23 heavy (non-hydrogen) atoms. The summed E-state index contributed by atoms with van der Waals surface area (Å²) in [6.45, 7) is 8.57. The highest BCUT2D eigenvalue weighted by Crippen LogP contribution is 2.38. The smallest absolute Gasteiger partial charge is 0.342 e. The number of carbonyl (C=O) groups excluding carboxylic acids is 1. The first-order valence-electron chi connectivity index (χ1n) is 7.63. The van der Waals surface area contributed by atoms with Crippen LogP contribution in [0.25, 0.3) is 16.6 Å². The first-order valence-corrected chi connectivity index (χ1v) is 8.01. The van der Waals surface area contributed by atoms with Crippen LogP contribution < -0.4 is 5.32 Å². The SMILES string of the molecule is CC(C)OC(=O)C1=CNCC(C)(C)c2c1[nH]c1ccc(Cl)nc21. The summed E-state index contributed by atoms with van der Waals surface area (Å²) in [6, 6.07) is 3.62. The molecule has 0 spiro atoms. The zero-order chi connectivity index (χ0) is 16.8. The number of H-pyrrole nitrogens is 1. The van der Waals surface area contributed by atoms with Crippen molar-refractivity contribution in [2.24, 2.45) is 0 Å². The van der Waals surface area contributed by atoms with E-state index in [-0.39, 0.29) is 17.5 Å². The fourth-order valence-corrected chi connectivity index (χ4v) is 3.06. The predicted octanol–water partition coefficient (Wildman–Crippen LogP) is 3.39. The van der Waals surface area contributed by atoms with E-state index in [1.165, 1.54) is 0 Å². The number of halogens is 1. The van der Waals surface area contributed by atoms with E-state index in [0.29, 0.717) is 17.3 Å². The Balaban J connectivity index is 2.23. The normalized spacial score (nSPS) is 16.5. The summed E-state index contributed by atoms with van der Waals surface area (Å²) in [5, 5.41) is 3.64. The molecule has 0 bridgehead atoms. The highest BCUT2D eigenvalue weighted by atomic mass is 35.5. The fourth-order valence-electron chi connectivity index (χ4n) is 2.91. The number of esters is 1. The molecule has 0 aromatic carbocycles. The highest BCUT2D eigenvalue weighted by molar-refractivity contribution is 6.29. The number of carbonyl (C=O) groups is 1. The van der Waals surface area contributed by atoms with Crippen molar-refractivity contribution >= 4 is 34.2 Å². The molecule has 2 aromatic heterocycles. The second-order valence-electron chi connectivity index (χ2n) is 6.68. The van der Waals surface area contributed by atoms with Gasteiger partial charge in [0.1, 0.15) is 5.15 Å². The van der Waals surface area contributed by atoms with E-state index in [2.05, 4.69) is 29.1 Å². The summed E-state index contributed by atoms with van der Waals surface area (Å²) in [4.78, 5) is 20.3. The Morgan fingerprint density at radius 1 is 1.39 bits per heavy atom. The molecule has 0 unspecified atom stereocenters. The highest BCUT2D eigenvalue weighted by Gasteiger charge is 2.34. The van der Waals surface area contributed by atoms with Crippen molar-refractivity contribution in [3.05, 3.63) is 34.7 Å². The number of hydrogen-bond acceptors (Lipinski definition) is 4. The van der Waals surface area contributed by atoms with Gasteiger partial charge in [0.05, 0.1) is 28.4 Å². The standard InChI is InChI=1S/C17H20ClN3O2/c1-9(2)23-16(22)10-7-19-8-17(3,4)13-14(10)20-11-5-6-12(18)21-15(11)13/h5-7,9,19-20H,8H2,1-4H3. The number of rotatable bonds is 2. The maximum Gasteiger partial charge on any atom is 0.342 e. The summed E-state index contributed by atoms with van der Waals surface area (Å²) < 4.78 is 5.38. The predicted molar refractivity (Wildman–Crippen MR) is 91.3 cm³/mol. The number of aromatic nitrogens is 2. The molecule has 5 nitrogen and oxygen atoms in total. The second kappa shape index (κ2) is 5.57. The minimum Gasteiger partial charge on any atom is -0.459 e. The monoisotopic (exact) mass is 333 g/mol. The molecule has 0 atom stereocenters. The topological polar surface area (TPSA) is 67.0 Å². The minimum atomic E-state index is -0.357. The van der Waals surface area contributed by atoms with Crippen molar-refractivity contribution in [3.8, 4) is 0 Å². The molecule has 6 heteroatoms. The quantitative estimate of drug-likeness (QED) is 0.653. The molecule has 3 heterocycles. The Labute approximate surface area is 140 Å². The van der Waals surface area contributed by atoms with Crippen LogP contribution in [0.5, 0.6) is 0 Å². The van der Waals surface area contributed by atoms with Crippen LogP contribution in [0.1, 0.15) is 39.0 Å². The number of nitrogens with zero attached hydrogens (tertiary/aromatic N) is 1. The van der Waals surface area contributed by atoms with Crippen molar-refractivity contribution in [2.75, 3.05) is 6.54 Å². The third-order valence-corrected chi connectivity index (χ3v) is 4.12. The average Bonchev–Trinajstić information content (AvgIpc) is 2.75. The molecule has 0 radical (unpaired) electrons. The van der Waals surface area contributed by atoms with Crippen LogP contribution in [0, 0.1) is 0 Å². The lowest BCUT2D eigenvalue weighted by Crippen LogP contribution is -2.29. The molecule has 0 saturated heterocycles.